The molecule has 1 aliphatic rings. The Morgan fingerprint density at radius 1 is 1.21 bits per heavy atom. The summed E-state index contributed by atoms with van der Waals surface area (Å²) < 4.78 is 0. The maximum Gasteiger partial charge on any atom is 0.141 e. The van der Waals surface area contributed by atoms with E-state index in [1.54, 1.807) is 17.7 Å². The first-order valence-corrected chi connectivity index (χ1v) is 11.5. The molecule has 0 saturated carbocycles. The third kappa shape index (κ3) is 4.52. The Balaban J connectivity index is 1.47. The van der Waals surface area contributed by atoms with E-state index in [9.17, 15) is 0 Å². The van der Waals surface area contributed by atoms with Gasteiger partial charge in [-0.3, -0.25) is 4.90 Å². The first-order chi connectivity index (χ1) is 14.1. The number of aromatic nitrogens is 2. The van der Waals surface area contributed by atoms with Gasteiger partial charge in [-0.1, -0.05) is 29.3 Å². The largest absolute Gasteiger partial charge is 0.352 e. The minimum absolute atomic E-state index is 0.431. The van der Waals surface area contributed by atoms with Crippen LogP contribution in [0.1, 0.15) is 24.0 Å². The molecule has 29 heavy (non-hydrogen) atoms. The van der Waals surface area contributed by atoms with E-state index in [0.717, 1.165) is 49.7 Å². The van der Waals surface area contributed by atoms with Crippen molar-refractivity contribution in [3.63, 3.8) is 0 Å². The molecule has 1 fully saturated rings. The number of rotatable bonds is 6. The fourth-order valence-electron chi connectivity index (χ4n) is 4.10. The standard InChI is InChI=1S/C21H25Cl2N5S/c1-14-12-29-21-19(14)20(25-13-26-21)28(9-6-24)16-4-7-27(8-5-16)11-15-2-3-17(22)18(23)10-15/h2-3,10,12-13,16H,4-9,11,24H2,1H3. The molecular weight excluding hydrogens is 425 g/mol. The highest BCUT2D eigenvalue weighted by molar-refractivity contribution is 7.17. The van der Waals surface area contributed by atoms with Gasteiger partial charge in [0.25, 0.3) is 0 Å². The lowest BCUT2D eigenvalue weighted by atomic mass is 10.0. The van der Waals surface area contributed by atoms with E-state index in [4.69, 9.17) is 28.9 Å². The van der Waals surface area contributed by atoms with Crippen LogP contribution in [-0.4, -0.2) is 47.1 Å². The Hall–Kier alpha value is -1.44. The Kier molecular flexibility index (Phi) is 6.56. The number of piperidine rings is 1. The van der Waals surface area contributed by atoms with Crippen LogP contribution < -0.4 is 10.6 Å². The van der Waals surface area contributed by atoms with Crippen molar-refractivity contribution in [3.8, 4) is 0 Å². The van der Waals surface area contributed by atoms with Crippen LogP contribution >= 0.6 is 34.5 Å². The SMILES string of the molecule is Cc1csc2ncnc(N(CCN)C3CCN(Cc4ccc(Cl)c(Cl)c4)CC3)c12. The monoisotopic (exact) mass is 449 g/mol. The van der Waals surface area contributed by atoms with Gasteiger partial charge in [-0.05, 0) is 48.4 Å². The number of anilines is 1. The molecule has 1 saturated heterocycles. The topological polar surface area (TPSA) is 58.3 Å². The smallest absolute Gasteiger partial charge is 0.141 e. The fourth-order valence-corrected chi connectivity index (χ4v) is 5.31. The summed E-state index contributed by atoms with van der Waals surface area (Å²) in [7, 11) is 0. The van der Waals surface area contributed by atoms with Gasteiger partial charge < -0.3 is 10.6 Å². The molecule has 3 aromatic rings. The molecule has 0 amide bonds. The van der Waals surface area contributed by atoms with Gasteiger partial charge >= 0.3 is 0 Å². The van der Waals surface area contributed by atoms with Crippen LogP contribution in [0.25, 0.3) is 10.2 Å². The Labute approximate surface area is 185 Å². The molecule has 2 N–H and O–H groups in total. The van der Waals surface area contributed by atoms with Gasteiger partial charge in [-0.25, -0.2) is 9.97 Å². The van der Waals surface area contributed by atoms with Crippen molar-refractivity contribution >= 4 is 50.6 Å². The normalized spacial score (nSPS) is 15.9. The summed E-state index contributed by atoms with van der Waals surface area (Å²) in [5, 5.41) is 4.55. The Bertz CT molecular complexity index is 984. The number of benzene rings is 1. The number of fused-ring (bicyclic) bond motifs is 1. The van der Waals surface area contributed by atoms with E-state index >= 15 is 0 Å². The molecule has 5 nitrogen and oxygen atoms in total. The molecule has 0 spiro atoms. The van der Waals surface area contributed by atoms with Crippen LogP contribution in [0, 0.1) is 6.92 Å². The van der Waals surface area contributed by atoms with E-state index in [-0.39, 0.29) is 0 Å². The fraction of sp³-hybridized carbons (Fsp3) is 0.429. The van der Waals surface area contributed by atoms with Crippen LogP contribution in [-0.2, 0) is 6.54 Å². The van der Waals surface area contributed by atoms with Crippen LogP contribution in [0.5, 0.6) is 0 Å². The zero-order valence-electron chi connectivity index (χ0n) is 16.4. The van der Waals surface area contributed by atoms with Crippen molar-refractivity contribution in [2.45, 2.75) is 32.4 Å². The number of hydrogen-bond donors (Lipinski definition) is 1. The minimum Gasteiger partial charge on any atom is -0.352 e. The van der Waals surface area contributed by atoms with Crippen molar-refractivity contribution in [2.24, 2.45) is 5.73 Å². The van der Waals surface area contributed by atoms with Crippen LogP contribution in [0.2, 0.25) is 10.0 Å². The average Bonchev–Trinajstić information content (AvgIpc) is 3.11. The van der Waals surface area contributed by atoms with E-state index in [1.165, 1.54) is 16.5 Å². The van der Waals surface area contributed by atoms with Gasteiger partial charge in [0.1, 0.15) is 17.0 Å². The predicted octanol–water partition coefficient (Wildman–Crippen LogP) is 4.74. The second kappa shape index (κ2) is 9.14. The Morgan fingerprint density at radius 3 is 2.72 bits per heavy atom. The van der Waals surface area contributed by atoms with Crippen molar-refractivity contribution in [3.05, 3.63) is 51.1 Å². The molecule has 0 radical (unpaired) electrons. The lowest BCUT2D eigenvalue weighted by Gasteiger charge is -2.39. The van der Waals surface area contributed by atoms with Crippen molar-refractivity contribution in [2.75, 3.05) is 31.1 Å². The third-order valence-corrected chi connectivity index (χ3v) is 7.31. The van der Waals surface area contributed by atoms with Gasteiger partial charge in [0, 0.05) is 38.8 Å². The zero-order chi connectivity index (χ0) is 20.4. The molecule has 0 bridgehead atoms. The Morgan fingerprint density at radius 2 is 2.00 bits per heavy atom. The van der Waals surface area contributed by atoms with Gasteiger partial charge in [0.2, 0.25) is 0 Å². The predicted molar refractivity (Wildman–Crippen MR) is 123 cm³/mol. The summed E-state index contributed by atoms with van der Waals surface area (Å²) in [6, 6.07) is 6.32. The summed E-state index contributed by atoms with van der Waals surface area (Å²) in [6.07, 6.45) is 3.84. The van der Waals surface area contributed by atoms with Crippen LogP contribution in [0.15, 0.2) is 29.9 Å². The quantitative estimate of drug-likeness (QED) is 0.588. The molecular formula is C21H25Cl2N5S. The second-order valence-corrected chi connectivity index (χ2v) is 9.21. The van der Waals surface area contributed by atoms with Crippen LogP contribution in [0.4, 0.5) is 5.82 Å². The molecule has 0 unspecified atom stereocenters. The molecule has 8 heteroatoms. The first kappa shape index (κ1) is 20.8. The van der Waals surface area contributed by atoms with Gasteiger partial charge in [-0.2, -0.15) is 0 Å². The molecule has 154 valence electrons. The number of hydrogen-bond acceptors (Lipinski definition) is 6. The van der Waals surface area contributed by atoms with Crippen molar-refractivity contribution in [1.82, 2.24) is 14.9 Å². The van der Waals surface area contributed by atoms with Gasteiger partial charge in [-0.15, -0.1) is 11.3 Å². The third-order valence-electron chi connectivity index (χ3n) is 5.56. The number of aryl methyl sites for hydroxylation is 1. The van der Waals surface area contributed by atoms with E-state index in [1.807, 2.05) is 12.1 Å². The van der Waals surface area contributed by atoms with Crippen LogP contribution in [0.3, 0.4) is 0 Å². The summed E-state index contributed by atoms with van der Waals surface area (Å²) in [5.41, 5.74) is 8.40. The highest BCUT2D eigenvalue weighted by Gasteiger charge is 2.27. The summed E-state index contributed by atoms with van der Waals surface area (Å²) in [5.74, 6) is 1.03. The van der Waals surface area contributed by atoms with Crippen molar-refractivity contribution < 1.29 is 0 Å². The van der Waals surface area contributed by atoms with Crippen molar-refractivity contribution in [1.29, 1.82) is 0 Å². The van der Waals surface area contributed by atoms with E-state index in [0.29, 0.717) is 22.6 Å². The number of thiophene rings is 1. The summed E-state index contributed by atoms with van der Waals surface area (Å²) in [6.45, 7) is 6.50. The zero-order valence-corrected chi connectivity index (χ0v) is 18.8. The molecule has 1 aromatic carbocycles. The summed E-state index contributed by atoms with van der Waals surface area (Å²) >= 11 is 13.9. The van der Waals surface area contributed by atoms with E-state index < -0.39 is 0 Å². The molecule has 4 rings (SSSR count). The number of halogens is 2. The molecule has 2 aromatic heterocycles. The summed E-state index contributed by atoms with van der Waals surface area (Å²) in [4.78, 5) is 15.0. The van der Waals surface area contributed by atoms with E-state index in [2.05, 4.69) is 38.1 Å². The number of nitrogens with two attached hydrogens (primary N) is 1. The average molecular weight is 450 g/mol. The number of nitrogens with zero attached hydrogens (tertiary/aromatic N) is 4. The molecule has 0 atom stereocenters. The molecule has 3 heterocycles. The first-order valence-electron chi connectivity index (χ1n) is 9.88. The van der Waals surface area contributed by atoms with Gasteiger partial charge in [0.15, 0.2) is 0 Å². The highest BCUT2D eigenvalue weighted by Crippen LogP contribution is 2.33. The highest BCUT2D eigenvalue weighted by atomic mass is 35.5. The second-order valence-electron chi connectivity index (χ2n) is 7.53. The maximum absolute atomic E-state index is 6.17. The minimum atomic E-state index is 0.431. The van der Waals surface area contributed by atoms with Gasteiger partial charge in [0.05, 0.1) is 15.4 Å². The molecule has 0 aliphatic carbocycles. The molecule has 1 aliphatic heterocycles. The lowest BCUT2D eigenvalue weighted by molar-refractivity contribution is 0.201. The maximum atomic E-state index is 6.17. The lowest BCUT2D eigenvalue weighted by Crippen LogP contribution is -2.46. The number of likely N-dealkylation sites (tertiary alicyclic amines) is 1.